The van der Waals surface area contributed by atoms with Crippen molar-refractivity contribution in [3.8, 4) is 5.75 Å². The lowest BCUT2D eigenvalue weighted by molar-refractivity contribution is 0.0677. The third-order valence-corrected chi connectivity index (χ3v) is 3.04. The molecule has 1 aromatic rings. The van der Waals surface area contributed by atoms with E-state index in [2.05, 4.69) is 5.16 Å². The predicted molar refractivity (Wildman–Crippen MR) is 68.2 cm³/mol. The Bertz CT molecular complexity index is 440. The smallest absolute Gasteiger partial charge is 0.170 e. The Hall–Kier alpha value is -1.75. The zero-order valence-electron chi connectivity index (χ0n) is 10.4. The molecule has 18 heavy (non-hydrogen) atoms. The van der Waals surface area contributed by atoms with Gasteiger partial charge in [-0.25, -0.2) is 0 Å². The maximum absolute atomic E-state index is 8.65. The van der Waals surface area contributed by atoms with Crippen LogP contribution in [-0.2, 0) is 4.74 Å². The van der Waals surface area contributed by atoms with Gasteiger partial charge in [0, 0.05) is 12.2 Å². The second kappa shape index (κ2) is 5.73. The van der Waals surface area contributed by atoms with E-state index in [1.54, 1.807) is 12.1 Å². The van der Waals surface area contributed by atoms with Crippen LogP contribution in [0.15, 0.2) is 23.4 Å². The van der Waals surface area contributed by atoms with Gasteiger partial charge in [0.25, 0.3) is 0 Å². The molecule has 2 rings (SSSR count). The third kappa shape index (κ3) is 2.92. The number of aryl methyl sites for hydroxylation is 1. The average Bonchev–Trinajstić information content (AvgIpc) is 2.90. The molecular weight excluding hydrogens is 232 g/mol. The van der Waals surface area contributed by atoms with E-state index in [1.165, 1.54) is 0 Å². The number of hydrogen-bond acceptors (Lipinski definition) is 4. The molecule has 98 valence electrons. The minimum atomic E-state index is 0.0805. The molecule has 0 aromatic heterocycles. The van der Waals surface area contributed by atoms with Crippen molar-refractivity contribution in [3.05, 3.63) is 29.3 Å². The van der Waals surface area contributed by atoms with Crippen LogP contribution in [-0.4, -0.2) is 30.4 Å². The Balaban J connectivity index is 2.06. The maximum atomic E-state index is 8.65. The maximum Gasteiger partial charge on any atom is 0.170 e. The number of amidine groups is 1. The van der Waals surface area contributed by atoms with Crippen molar-refractivity contribution in [3.63, 3.8) is 0 Å². The first kappa shape index (κ1) is 12.7. The van der Waals surface area contributed by atoms with Crippen molar-refractivity contribution in [2.45, 2.75) is 25.9 Å². The molecule has 1 unspecified atom stereocenters. The quantitative estimate of drug-likeness (QED) is 0.368. The van der Waals surface area contributed by atoms with Gasteiger partial charge in [-0.05, 0) is 31.4 Å². The molecule has 1 aromatic carbocycles. The molecule has 0 amide bonds. The number of rotatable bonds is 4. The fraction of sp³-hybridized carbons (Fsp3) is 0.462. The summed E-state index contributed by atoms with van der Waals surface area (Å²) in [5.74, 6) is 0.826. The molecular formula is C13H18N2O3. The van der Waals surface area contributed by atoms with Gasteiger partial charge in [0.05, 0.1) is 6.10 Å². The molecule has 5 heteroatoms. The van der Waals surface area contributed by atoms with Gasteiger partial charge < -0.3 is 20.4 Å². The number of nitrogens with two attached hydrogens (primary N) is 1. The van der Waals surface area contributed by atoms with Crippen molar-refractivity contribution in [2.75, 3.05) is 13.2 Å². The highest BCUT2D eigenvalue weighted by molar-refractivity contribution is 5.97. The minimum absolute atomic E-state index is 0.0805. The number of benzene rings is 1. The molecule has 1 fully saturated rings. The predicted octanol–water partition coefficient (Wildman–Crippen LogP) is 1.65. The standard InChI is InChI=1S/C13H18N2O3/c1-9-4-5-10(13(14)15-16)7-12(9)18-8-11-3-2-6-17-11/h4-5,7,11,16H,2-3,6,8H2,1H3,(H2,14,15). The minimum Gasteiger partial charge on any atom is -0.491 e. The summed E-state index contributed by atoms with van der Waals surface area (Å²) in [5, 5.41) is 11.6. The SMILES string of the molecule is Cc1ccc(/C(N)=N/O)cc1OCC1CCCO1. The molecule has 5 nitrogen and oxygen atoms in total. The molecule has 0 aliphatic carbocycles. The summed E-state index contributed by atoms with van der Waals surface area (Å²) in [6, 6.07) is 5.46. The van der Waals surface area contributed by atoms with Crippen molar-refractivity contribution < 1.29 is 14.7 Å². The number of hydrogen-bond donors (Lipinski definition) is 2. The highest BCUT2D eigenvalue weighted by Crippen LogP contribution is 2.21. The topological polar surface area (TPSA) is 77.1 Å². The molecule has 1 aliphatic heterocycles. The summed E-state index contributed by atoms with van der Waals surface area (Å²) in [6.07, 6.45) is 2.31. The Kier molecular flexibility index (Phi) is 4.04. The molecule has 0 spiro atoms. The zero-order valence-corrected chi connectivity index (χ0v) is 10.4. The Morgan fingerprint density at radius 3 is 3.11 bits per heavy atom. The van der Waals surface area contributed by atoms with Crippen LogP contribution in [0.1, 0.15) is 24.0 Å². The van der Waals surface area contributed by atoms with Crippen LogP contribution >= 0.6 is 0 Å². The van der Waals surface area contributed by atoms with Crippen LogP contribution in [0.4, 0.5) is 0 Å². The van der Waals surface area contributed by atoms with Gasteiger partial charge in [-0.2, -0.15) is 0 Å². The fourth-order valence-corrected chi connectivity index (χ4v) is 1.93. The van der Waals surface area contributed by atoms with Crippen molar-refractivity contribution in [2.24, 2.45) is 10.9 Å². The summed E-state index contributed by atoms with van der Waals surface area (Å²) >= 11 is 0. The fourth-order valence-electron chi connectivity index (χ4n) is 1.93. The summed E-state index contributed by atoms with van der Waals surface area (Å²) in [6.45, 7) is 3.32. The van der Waals surface area contributed by atoms with Gasteiger partial charge in [-0.3, -0.25) is 0 Å². The van der Waals surface area contributed by atoms with E-state index in [9.17, 15) is 0 Å². The molecule has 0 radical (unpaired) electrons. The van der Waals surface area contributed by atoms with Gasteiger partial charge in [0.15, 0.2) is 5.84 Å². The summed E-state index contributed by atoms with van der Waals surface area (Å²) in [5.41, 5.74) is 7.21. The van der Waals surface area contributed by atoms with Crippen LogP contribution < -0.4 is 10.5 Å². The second-order valence-corrected chi connectivity index (χ2v) is 4.41. The van der Waals surface area contributed by atoms with Crippen LogP contribution in [0.5, 0.6) is 5.75 Å². The summed E-state index contributed by atoms with van der Waals surface area (Å²) in [7, 11) is 0. The summed E-state index contributed by atoms with van der Waals surface area (Å²) < 4.78 is 11.2. The van der Waals surface area contributed by atoms with Gasteiger partial charge in [-0.15, -0.1) is 0 Å². The van der Waals surface area contributed by atoms with Gasteiger partial charge in [-0.1, -0.05) is 17.3 Å². The van der Waals surface area contributed by atoms with Crippen molar-refractivity contribution >= 4 is 5.84 Å². The van der Waals surface area contributed by atoms with Crippen molar-refractivity contribution in [1.82, 2.24) is 0 Å². The zero-order chi connectivity index (χ0) is 13.0. The largest absolute Gasteiger partial charge is 0.491 e. The lowest BCUT2D eigenvalue weighted by atomic mass is 10.1. The number of nitrogens with zero attached hydrogens (tertiary/aromatic N) is 1. The third-order valence-electron chi connectivity index (χ3n) is 3.04. The van der Waals surface area contributed by atoms with E-state index < -0.39 is 0 Å². The molecule has 1 atom stereocenters. The van der Waals surface area contributed by atoms with Crippen LogP contribution in [0.25, 0.3) is 0 Å². The van der Waals surface area contributed by atoms with E-state index in [0.717, 1.165) is 30.8 Å². The molecule has 3 N–H and O–H groups in total. The van der Waals surface area contributed by atoms with Crippen LogP contribution in [0.2, 0.25) is 0 Å². The van der Waals surface area contributed by atoms with E-state index in [0.29, 0.717) is 12.2 Å². The lowest BCUT2D eigenvalue weighted by Gasteiger charge is -2.14. The first-order chi connectivity index (χ1) is 8.70. The first-order valence-corrected chi connectivity index (χ1v) is 6.03. The van der Waals surface area contributed by atoms with Gasteiger partial charge in [0.1, 0.15) is 12.4 Å². The van der Waals surface area contributed by atoms with E-state index in [4.69, 9.17) is 20.4 Å². The normalized spacial score (nSPS) is 20.1. The average molecular weight is 250 g/mol. The highest BCUT2D eigenvalue weighted by Gasteiger charge is 2.16. The Morgan fingerprint density at radius 1 is 1.61 bits per heavy atom. The second-order valence-electron chi connectivity index (χ2n) is 4.41. The van der Waals surface area contributed by atoms with Gasteiger partial charge in [0.2, 0.25) is 0 Å². The van der Waals surface area contributed by atoms with E-state index in [1.807, 2.05) is 13.0 Å². The highest BCUT2D eigenvalue weighted by atomic mass is 16.5. The van der Waals surface area contributed by atoms with Crippen LogP contribution in [0, 0.1) is 6.92 Å². The van der Waals surface area contributed by atoms with E-state index >= 15 is 0 Å². The first-order valence-electron chi connectivity index (χ1n) is 6.03. The Labute approximate surface area is 106 Å². The monoisotopic (exact) mass is 250 g/mol. The number of oxime groups is 1. The molecule has 1 aliphatic rings. The molecule has 1 saturated heterocycles. The van der Waals surface area contributed by atoms with Crippen molar-refractivity contribution in [1.29, 1.82) is 0 Å². The number of ether oxygens (including phenoxy) is 2. The molecule has 1 heterocycles. The molecule has 0 saturated carbocycles. The van der Waals surface area contributed by atoms with E-state index in [-0.39, 0.29) is 11.9 Å². The lowest BCUT2D eigenvalue weighted by Crippen LogP contribution is -2.17. The Morgan fingerprint density at radius 2 is 2.44 bits per heavy atom. The van der Waals surface area contributed by atoms with Gasteiger partial charge >= 0.3 is 0 Å². The summed E-state index contributed by atoms with van der Waals surface area (Å²) in [4.78, 5) is 0. The van der Waals surface area contributed by atoms with Crippen LogP contribution in [0.3, 0.4) is 0 Å². The molecule has 0 bridgehead atoms.